The van der Waals surface area contributed by atoms with Gasteiger partial charge in [-0.05, 0) is 18.2 Å². The molecule has 0 atom stereocenters. The molecule has 1 fully saturated rings. The van der Waals surface area contributed by atoms with Gasteiger partial charge >= 0.3 is 12.8 Å². The Kier molecular flexibility index (Phi) is 7.35. The molecule has 0 unspecified atom stereocenters. The molecular formula is C17H15ClF7N3O2. The first-order chi connectivity index (χ1) is 13.8. The molecule has 0 aliphatic carbocycles. The monoisotopic (exact) mass is 461 g/mol. The van der Waals surface area contributed by atoms with Gasteiger partial charge in [0.05, 0.1) is 22.6 Å². The van der Waals surface area contributed by atoms with Crippen molar-refractivity contribution >= 4 is 28.4 Å². The van der Waals surface area contributed by atoms with Crippen LogP contribution in [-0.4, -0.2) is 43.6 Å². The van der Waals surface area contributed by atoms with Crippen LogP contribution in [0.25, 0.3) is 10.9 Å². The molecule has 0 radical (unpaired) electrons. The average molecular weight is 462 g/mol. The number of pyridine rings is 1. The number of nitrogens with one attached hydrogen (secondary N) is 2. The maximum atomic E-state index is 13.2. The normalized spacial score (nSPS) is 15.7. The van der Waals surface area contributed by atoms with Crippen molar-refractivity contribution in [3.63, 3.8) is 0 Å². The molecule has 1 aromatic carbocycles. The van der Waals surface area contributed by atoms with Crippen LogP contribution in [0.2, 0.25) is 5.02 Å². The van der Waals surface area contributed by atoms with E-state index in [1.54, 1.807) is 0 Å². The lowest BCUT2D eigenvalue weighted by Gasteiger charge is -2.14. The van der Waals surface area contributed by atoms with Gasteiger partial charge in [-0.25, -0.2) is 13.8 Å². The summed E-state index contributed by atoms with van der Waals surface area (Å²) in [7, 11) is 1.27. The third kappa shape index (κ3) is 6.08. The lowest BCUT2D eigenvalue weighted by Crippen LogP contribution is -2.19. The Hall–Kier alpha value is -2.34. The number of aromatic nitrogens is 1. The van der Waals surface area contributed by atoms with E-state index in [2.05, 4.69) is 20.4 Å². The van der Waals surface area contributed by atoms with Gasteiger partial charge in [0.1, 0.15) is 11.4 Å². The van der Waals surface area contributed by atoms with E-state index in [1.807, 2.05) is 0 Å². The molecule has 0 spiro atoms. The Labute approximate surface area is 170 Å². The fraction of sp³-hybridized carbons (Fsp3) is 0.412. The molecule has 30 heavy (non-hydrogen) atoms. The smallest absolute Gasteiger partial charge is 0.418 e. The maximum Gasteiger partial charge on any atom is 0.418 e. The van der Waals surface area contributed by atoms with Crippen LogP contribution < -0.4 is 15.4 Å². The highest BCUT2D eigenvalue weighted by atomic mass is 35.5. The number of carbonyl (C=O) groups excluding carboxylic acids is 1. The van der Waals surface area contributed by atoms with E-state index in [0.29, 0.717) is 12.6 Å². The summed E-state index contributed by atoms with van der Waals surface area (Å²) in [5, 5.41) is 4.26. The Morgan fingerprint density at radius 2 is 1.97 bits per heavy atom. The summed E-state index contributed by atoms with van der Waals surface area (Å²) < 4.78 is 91.8. The number of hydrogen-bond donors (Lipinski definition) is 2. The minimum Gasteiger partial charge on any atom is -0.435 e. The lowest BCUT2D eigenvalue weighted by atomic mass is 10.1. The second kappa shape index (κ2) is 9.21. The molecular weight excluding hydrogens is 447 g/mol. The number of fused-ring (bicyclic) bond motifs is 1. The Bertz CT molecular complexity index is 914. The van der Waals surface area contributed by atoms with Crippen molar-refractivity contribution in [1.82, 2.24) is 15.6 Å². The molecule has 2 aromatic rings. The van der Waals surface area contributed by atoms with Crippen molar-refractivity contribution in [2.24, 2.45) is 0 Å². The van der Waals surface area contributed by atoms with Crippen molar-refractivity contribution in [3.8, 4) is 5.75 Å². The van der Waals surface area contributed by atoms with E-state index in [0.717, 1.165) is 12.1 Å². The standard InChI is InChI=1S/C13H8ClF5N2O2.C4H7F2N/c1-20-11(22)9-4-8(14)6-2-5(23-12(15)16)3-7(10(6)21-9)13(17,18)19;5-4(6)1-2-7-3-4/h2-4,12H,1H3,(H,20,22);7H,1-3H2. The highest BCUT2D eigenvalue weighted by Crippen LogP contribution is 2.39. The molecule has 0 bridgehead atoms. The van der Waals surface area contributed by atoms with Gasteiger partial charge in [0.15, 0.2) is 0 Å². The van der Waals surface area contributed by atoms with Crippen LogP contribution in [0.15, 0.2) is 18.2 Å². The van der Waals surface area contributed by atoms with Gasteiger partial charge in [-0.1, -0.05) is 11.6 Å². The third-order valence-electron chi connectivity index (χ3n) is 3.88. The minimum absolute atomic E-state index is 0.00694. The summed E-state index contributed by atoms with van der Waals surface area (Å²) in [5.41, 5.74) is -2.30. The predicted molar refractivity (Wildman–Crippen MR) is 94.2 cm³/mol. The number of ether oxygens (including phenoxy) is 1. The molecule has 3 rings (SSSR count). The SMILES string of the molecule is CNC(=O)c1cc(Cl)c2cc(OC(F)F)cc(C(F)(F)F)c2n1.FC1(F)CCNC1. The number of amides is 1. The summed E-state index contributed by atoms with van der Waals surface area (Å²) in [6.07, 6.45) is -4.90. The first kappa shape index (κ1) is 23.9. The number of nitrogens with zero attached hydrogens (tertiary/aromatic N) is 1. The van der Waals surface area contributed by atoms with Crippen LogP contribution in [0, 0.1) is 0 Å². The predicted octanol–water partition coefficient (Wildman–Crippen LogP) is 4.48. The first-order valence-corrected chi connectivity index (χ1v) is 8.69. The molecule has 1 amide bonds. The Morgan fingerprint density at radius 1 is 1.30 bits per heavy atom. The van der Waals surface area contributed by atoms with Crippen LogP contribution in [0.3, 0.4) is 0 Å². The molecule has 2 heterocycles. The molecule has 2 N–H and O–H groups in total. The van der Waals surface area contributed by atoms with Crippen LogP contribution in [0.1, 0.15) is 22.5 Å². The number of alkyl halides is 7. The van der Waals surface area contributed by atoms with Crippen LogP contribution in [-0.2, 0) is 6.18 Å². The zero-order chi connectivity index (χ0) is 22.7. The van der Waals surface area contributed by atoms with E-state index in [1.165, 1.54) is 7.05 Å². The number of hydrogen-bond acceptors (Lipinski definition) is 4. The van der Waals surface area contributed by atoms with Crippen molar-refractivity contribution in [1.29, 1.82) is 0 Å². The van der Waals surface area contributed by atoms with Crippen LogP contribution >= 0.6 is 11.6 Å². The largest absolute Gasteiger partial charge is 0.435 e. The van der Waals surface area contributed by atoms with Gasteiger partial charge in [0.2, 0.25) is 0 Å². The number of carbonyl (C=O) groups is 1. The molecule has 1 aliphatic rings. The molecule has 0 saturated carbocycles. The van der Waals surface area contributed by atoms with E-state index < -0.39 is 41.4 Å². The highest BCUT2D eigenvalue weighted by molar-refractivity contribution is 6.35. The summed E-state index contributed by atoms with van der Waals surface area (Å²) in [6, 6.07) is 2.32. The number of rotatable bonds is 3. The zero-order valence-corrected chi connectivity index (χ0v) is 16.0. The van der Waals surface area contributed by atoms with Gasteiger partial charge in [-0.15, -0.1) is 0 Å². The van der Waals surface area contributed by atoms with E-state index in [9.17, 15) is 35.5 Å². The quantitative estimate of drug-likeness (QED) is 0.662. The van der Waals surface area contributed by atoms with Crippen molar-refractivity contribution in [2.45, 2.75) is 25.1 Å². The first-order valence-electron chi connectivity index (χ1n) is 8.31. The fourth-order valence-electron chi connectivity index (χ4n) is 2.52. The van der Waals surface area contributed by atoms with Crippen molar-refractivity contribution in [3.05, 3.63) is 34.5 Å². The molecule has 5 nitrogen and oxygen atoms in total. The molecule has 1 aliphatic heterocycles. The summed E-state index contributed by atoms with van der Waals surface area (Å²) in [6.45, 7) is -2.97. The Balaban J connectivity index is 0.000000386. The van der Waals surface area contributed by atoms with Gasteiger partial charge in [-0.3, -0.25) is 4.79 Å². The lowest BCUT2D eigenvalue weighted by molar-refractivity contribution is -0.136. The van der Waals surface area contributed by atoms with Crippen LogP contribution in [0.4, 0.5) is 30.7 Å². The van der Waals surface area contributed by atoms with E-state index >= 15 is 0 Å². The molecule has 166 valence electrons. The summed E-state index contributed by atoms with van der Waals surface area (Å²) in [5.74, 6) is -3.87. The van der Waals surface area contributed by atoms with Gasteiger partial charge < -0.3 is 15.4 Å². The zero-order valence-electron chi connectivity index (χ0n) is 15.2. The third-order valence-corrected chi connectivity index (χ3v) is 4.19. The summed E-state index contributed by atoms with van der Waals surface area (Å²) in [4.78, 5) is 15.2. The number of benzene rings is 1. The topological polar surface area (TPSA) is 63.2 Å². The second-order valence-electron chi connectivity index (χ2n) is 6.09. The highest BCUT2D eigenvalue weighted by Gasteiger charge is 2.35. The maximum absolute atomic E-state index is 13.2. The average Bonchev–Trinajstić information content (AvgIpc) is 3.04. The van der Waals surface area contributed by atoms with Crippen molar-refractivity contribution < 1.29 is 40.3 Å². The molecule has 1 aromatic heterocycles. The summed E-state index contributed by atoms with van der Waals surface area (Å²) >= 11 is 5.86. The van der Waals surface area contributed by atoms with Crippen molar-refractivity contribution in [2.75, 3.05) is 20.1 Å². The van der Waals surface area contributed by atoms with E-state index in [4.69, 9.17) is 11.6 Å². The molecule has 13 heteroatoms. The van der Waals surface area contributed by atoms with Gasteiger partial charge in [-0.2, -0.15) is 22.0 Å². The van der Waals surface area contributed by atoms with Crippen LogP contribution in [0.5, 0.6) is 5.75 Å². The Morgan fingerprint density at radius 3 is 2.40 bits per heavy atom. The minimum atomic E-state index is -4.91. The van der Waals surface area contributed by atoms with E-state index in [-0.39, 0.29) is 29.1 Å². The van der Waals surface area contributed by atoms with Gasteiger partial charge in [0, 0.05) is 25.4 Å². The van der Waals surface area contributed by atoms with Gasteiger partial charge in [0.25, 0.3) is 11.8 Å². The fourth-order valence-corrected chi connectivity index (χ4v) is 2.77. The second-order valence-corrected chi connectivity index (χ2v) is 6.50. The molecule has 1 saturated heterocycles. The number of halogens is 8.